The summed E-state index contributed by atoms with van der Waals surface area (Å²) >= 11 is 0. The van der Waals surface area contributed by atoms with Gasteiger partial charge >= 0.3 is 5.97 Å². The number of hydrogen-bond acceptors (Lipinski definition) is 6. The Kier molecular flexibility index (Phi) is 5.63. The minimum atomic E-state index is -1.39. The molecule has 1 aromatic carbocycles. The number of ether oxygens (including phenoxy) is 3. The van der Waals surface area contributed by atoms with Crippen LogP contribution in [0.4, 0.5) is 0 Å². The molecule has 2 rings (SSSR count). The molecule has 1 aromatic rings. The molecule has 0 spiro atoms. The Morgan fingerprint density at radius 1 is 1.41 bits per heavy atom. The maximum absolute atomic E-state index is 11.6. The van der Waals surface area contributed by atoms with Gasteiger partial charge in [-0.15, -0.1) is 0 Å². The molecule has 1 fully saturated rings. The van der Waals surface area contributed by atoms with Gasteiger partial charge in [-0.3, -0.25) is 0 Å². The summed E-state index contributed by atoms with van der Waals surface area (Å²) in [5.74, 6) is 0.177. The Hall–Kier alpha value is -1.79. The Labute approximate surface area is 130 Å². The molecule has 1 aliphatic rings. The normalized spacial score (nSPS) is 20.3. The van der Waals surface area contributed by atoms with Gasteiger partial charge in [-0.2, -0.15) is 0 Å². The third kappa shape index (κ3) is 3.69. The predicted octanol–water partition coefficient (Wildman–Crippen LogP) is 1.37. The van der Waals surface area contributed by atoms with E-state index < -0.39 is 12.1 Å². The lowest BCUT2D eigenvalue weighted by atomic mass is 10.1. The number of carbonyl (C=O) groups excluding carboxylic acids is 1. The minimum absolute atomic E-state index is 0.00125. The number of rotatable bonds is 5. The number of piperidine rings is 1. The molecule has 0 aromatic heterocycles. The zero-order valence-electron chi connectivity index (χ0n) is 13.2. The van der Waals surface area contributed by atoms with Crippen LogP contribution in [0.15, 0.2) is 18.2 Å². The molecule has 0 bridgehead atoms. The van der Waals surface area contributed by atoms with E-state index >= 15 is 0 Å². The van der Waals surface area contributed by atoms with E-state index in [1.165, 1.54) is 14.2 Å². The Morgan fingerprint density at radius 3 is 2.82 bits per heavy atom. The van der Waals surface area contributed by atoms with E-state index in [0.717, 1.165) is 25.9 Å². The smallest absolute Gasteiger partial charge is 0.339 e. The summed E-state index contributed by atoms with van der Waals surface area (Å²) in [7, 11) is 4.81. The highest BCUT2D eigenvalue weighted by molar-refractivity contribution is 5.77. The first kappa shape index (κ1) is 16.6. The molecule has 122 valence electrons. The van der Waals surface area contributed by atoms with E-state index in [0.29, 0.717) is 17.1 Å². The van der Waals surface area contributed by atoms with Crippen LogP contribution in [0.5, 0.6) is 11.5 Å². The first-order valence-corrected chi connectivity index (χ1v) is 7.34. The van der Waals surface area contributed by atoms with Crippen molar-refractivity contribution in [3.8, 4) is 11.5 Å². The number of esters is 1. The van der Waals surface area contributed by atoms with Gasteiger partial charge < -0.3 is 24.2 Å². The lowest BCUT2D eigenvalue weighted by Gasteiger charge is -2.31. The number of likely N-dealkylation sites (tertiary alicyclic amines) is 1. The largest absolute Gasteiger partial charge is 0.493 e. The summed E-state index contributed by atoms with van der Waals surface area (Å²) in [4.78, 5) is 13.8. The maximum Gasteiger partial charge on any atom is 0.339 e. The lowest BCUT2D eigenvalue weighted by molar-refractivity contribution is -0.150. The number of methoxy groups -OCH3 is 2. The first-order chi connectivity index (χ1) is 10.6. The number of benzene rings is 1. The first-order valence-electron chi connectivity index (χ1n) is 7.34. The molecular weight excluding hydrogens is 286 g/mol. The third-order valence-corrected chi connectivity index (χ3v) is 3.81. The van der Waals surface area contributed by atoms with Crippen molar-refractivity contribution in [3.63, 3.8) is 0 Å². The van der Waals surface area contributed by atoms with Gasteiger partial charge in [-0.1, -0.05) is 12.1 Å². The van der Waals surface area contributed by atoms with Crippen LogP contribution in [-0.2, 0) is 9.53 Å². The van der Waals surface area contributed by atoms with Gasteiger partial charge in [0.2, 0.25) is 0 Å². The number of likely N-dealkylation sites (N-methyl/N-ethyl adjacent to an activating group) is 1. The average molecular weight is 309 g/mol. The minimum Gasteiger partial charge on any atom is -0.493 e. The van der Waals surface area contributed by atoms with E-state index in [1.54, 1.807) is 18.2 Å². The van der Waals surface area contributed by atoms with Crippen LogP contribution in [0, 0.1) is 0 Å². The lowest BCUT2D eigenvalue weighted by Crippen LogP contribution is -2.38. The number of hydrogen-bond donors (Lipinski definition) is 1. The summed E-state index contributed by atoms with van der Waals surface area (Å²) in [5, 5.41) is 10.2. The van der Waals surface area contributed by atoms with Crippen LogP contribution in [-0.4, -0.2) is 56.4 Å². The molecule has 6 heteroatoms. The average Bonchev–Trinajstić information content (AvgIpc) is 2.53. The number of aliphatic hydroxyl groups excluding tert-OH is 1. The van der Waals surface area contributed by atoms with Gasteiger partial charge in [0.25, 0.3) is 0 Å². The SMILES string of the molecule is COC(=O)C(O)c1cccc(OC)c1OC1CCCN(C)C1. The fourth-order valence-electron chi connectivity index (χ4n) is 2.66. The van der Waals surface area contributed by atoms with E-state index in [9.17, 15) is 9.90 Å². The number of carbonyl (C=O) groups is 1. The molecule has 0 aliphatic carbocycles. The van der Waals surface area contributed by atoms with Gasteiger partial charge in [-0.05, 0) is 32.5 Å². The van der Waals surface area contributed by atoms with Crippen molar-refractivity contribution in [2.24, 2.45) is 0 Å². The molecule has 22 heavy (non-hydrogen) atoms. The highest BCUT2D eigenvalue weighted by atomic mass is 16.5. The molecule has 0 saturated carbocycles. The van der Waals surface area contributed by atoms with E-state index in [2.05, 4.69) is 9.64 Å². The Bertz CT molecular complexity index is 519. The summed E-state index contributed by atoms with van der Waals surface area (Å²) < 4.78 is 16.0. The zero-order valence-corrected chi connectivity index (χ0v) is 13.2. The second kappa shape index (κ2) is 7.47. The highest BCUT2D eigenvalue weighted by Gasteiger charge is 2.27. The van der Waals surface area contributed by atoms with Crippen LogP contribution in [0.3, 0.4) is 0 Å². The van der Waals surface area contributed by atoms with Crippen molar-refractivity contribution in [2.45, 2.75) is 25.0 Å². The molecular formula is C16H23NO5. The van der Waals surface area contributed by atoms with Gasteiger partial charge in [0.05, 0.1) is 14.2 Å². The molecule has 1 aliphatic heterocycles. The fraction of sp³-hybridized carbons (Fsp3) is 0.562. The van der Waals surface area contributed by atoms with E-state index in [4.69, 9.17) is 9.47 Å². The number of nitrogens with zero attached hydrogens (tertiary/aromatic N) is 1. The molecule has 1 saturated heterocycles. The van der Waals surface area contributed by atoms with Gasteiger partial charge in [0.1, 0.15) is 6.10 Å². The third-order valence-electron chi connectivity index (χ3n) is 3.81. The molecule has 0 amide bonds. The second-order valence-electron chi connectivity index (χ2n) is 5.45. The van der Waals surface area contributed by atoms with Crippen LogP contribution in [0.2, 0.25) is 0 Å². The van der Waals surface area contributed by atoms with Crippen molar-refractivity contribution in [1.29, 1.82) is 0 Å². The van der Waals surface area contributed by atoms with Gasteiger partial charge in [0.15, 0.2) is 17.6 Å². The van der Waals surface area contributed by atoms with Crippen LogP contribution >= 0.6 is 0 Å². The van der Waals surface area contributed by atoms with Crippen LogP contribution in [0.25, 0.3) is 0 Å². The predicted molar refractivity (Wildman–Crippen MR) is 81.1 cm³/mol. The number of aliphatic hydroxyl groups is 1. The molecule has 1 N–H and O–H groups in total. The van der Waals surface area contributed by atoms with Crippen molar-refractivity contribution >= 4 is 5.97 Å². The summed E-state index contributed by atoms with van der Waals surface area (Å²) in [5.41, 5.74) is 0.361. The van der Waals surface area contributed by atoms with Crippen molar-refractivity contribution < 1.29 is 24.1 Å². The van der Waals surface area contributed by atoms with Crippen molar-refractivity contribution in [2.75, 3.05) is 34.4 Å². The topological polar surface area (TPSA) is 68.2 Å². The Balaban J connectivity index is 2.28. The van der Waals surface area contributed by atoms with Gasteiger partial charge in [-0.25, -0.2) is 4.79 Å². The van der Waals surface area contributed by atoms with E-state index in [-0.39, 0.29) is 6.10 Å². The standard InChI is InChI=1S/C16H23NO5/c1-17-9-5-6-11(10-17)22-15-12(14(18)16(19)21-3)7-4-8-13(15)20-2/h4,7-8,11,14,18H,5-6,9-10H2,1-3H3. The van der Waals surface area contributed by atoms with E-state index in [1.807, 2.05) is 7.05 Å². The Morgan fingerprint density at radius 2 is 2.18 bits per heavy atom. The van der Waals surface area contributed by atoms with Gasteiger partial charge in [0, 0.05) is 12.1 Å². The van der Waals surface area contributed by atoms with Crippen molar-refractivity contribution in [3.05, 3.63) is 23.8 Å². The molecule has 6 nitrogen and oxygen atoms in total. The van der Waals surface area contributed by atoms with Crippen LogP contribution in [0.1, 0.15) is 24.5 Å². The molecule has 1 heterocycles. The monoisotopic (exact) mass is 309 g/mol. The fourth-order valence-corrected chi connectivity index (χ4v) is 2.66. The quantitative estimate of drug-likeness (QED) is 0.829. The molecule has 2 atom stereocenters. The zero-order chi connectivity index (χ0) is 16.1. The van der Waals surface area contributed by atoms with Crippen molar-refractivity contribution in [1.82, 2.24) is 4.90 Å². The number of para-hydroxylation sites is 1. The second-order valence-corrected chi connectivity index (χ2v) is 5.45. The highest BCUT2D eigenvalue weighted by Crippen LogP contribution is 2.36. The maximum atomic E-state index is 11.6. The van der Waals surface area contributed by atoms with Crippen LogP contribution < -0.4 is 9.47 Å². The summed E-state index contributed by atoms with van der Waals surface area (Å²) in [6.07, 6.45) is 0.580. The summed E-state index contributed by atoms with van der Waals surface area (Å²) in [6.45, 7) is 1.84. The molecule has 0 radical (unpaired) electrons. The molecule has 2 unspecified atom stereocenters. The summed E-state index contributed by atoms with van der Waals surface area (Å²) in [6, 6.07) is 5.10.